The van der Waals surface area contributed by atoms with Gasteiger partial charge in [0.2, 0.25) is 5.91 Å². The van der Waals surface area contributed by atoms with Crippen LogP contribution in [0.4, 0.5) is 5.13 Å². The van der Waals surface area contributed by atoms with Gasteiger partial charge in [-0.15, -0.1) is 0 Å². The number of hydrogen-bond acceptors (Lipinski definition) is 6. The average Bonchev–Trinajstić information content (AvgIpc) is 3.11. The van der Waals surface area contributed by atoms with Gasteiger partial charge in [0.1, 0.15) is 5.75 Å². The van der Waals surface area contributed by atoms with Crippen LogP contribution in [0.15, 0.2) is 18.2 Å². The fourth-order valence-corrected chi connectivity index (χ4v) is 4.56. The number of amides is 1. The van der Waals surface area contributed by atoms with Crippen LogP contribution in [0.1, 0.15) is 12.8 Å². The molecule has 0 bridgehead atoms. The molecule has 134 valence electrons. The summed E-state index contributed by atoms with van der Waals surface area (Å²) in [6.45, 7) is 4.58. The van der Waals surface area contributed by atoms with Crippen LogP contribution in [0.3, 0.4) is 0 Å². The van der Waals surface area contributed by atoms with Crippen LogP contribution >= 0.6 is 11.3 Å². The van der Waals surface area contributed by atoms with Crippen molar-refractivity contribution in [3.63, 3.8) is 0 Å². The van der Waals surface area contributed by atoms with E-state index >= 15 is 0 Å². The Morgan fingerprint density at radius 3 is 2.72 bits per heavy atom. The number of morpholine rings is 1. The molecule has 3 heterocycles. The number of carbonyl (C=O) groups excluding carboxylic acids is 1. The molecule has 0 N–H and O–H groups in total. The number of rotatable bonds is 3. The van der Waals surface area contributed by atoms with Crippen LogP contribution < -0.4 is 9.64 Å². The molecule has 4 rings (SSSR count). The topological polar surface area (TPSA) is 54.9 Å². The minimum absolute atomic E-state index is 0.142. The van der Waals surface area contributed by atoms with Crippen molar-refractivity contribution in [2.45, 2.75) is 12.8 Å². The van der Waals surface area contributed by atoms with Crippen LogP contribution in [0.5, 0.6) is 5.75 Å². The lowest BCUT2D eigenvalue weighted by atomic mass is 9.95. The number of piperidine rings is 1. The Morgan fingerprint density at radius 2 is 2.00 bits per heavy atom. The number of thiazole rings is 1. The summed E-state index contributed by atoms with van der Waals surface area (Å²) in [6, 6.07) is 5.98. The maximum Gasteiger partial charge on any atom is 0.225 e. The predicted molar refractivity (Wildman–Crippen MR) is 98.5 cm³/mol. The smallest absolute Gasteiger partial charge is 0.225 e. The third kappa shape index (κ3) is 3.43. The number of methoxy groups -OCH3 is 1. The largest absolute Gasteiger partial charge is 0.497 e. The summed E-state index contributed by atoms with van der Waals surface area (Å²) < 4.78 is 11.8. The zero-order valence-corrected chi connectivity index (χ0v) is 15.3. The van der Waals surface area contributed by atoms with E-state index in [2.05, 4.69) is 4.90 Å². The maximum absolute atomic E-state index is 12.6. The first-order chi connectivity index (χ1) is 12.2. The fourth-order valence-electron chi connectivity index (χ4n) is 3.51. The monoisotopic (exact) mass is 361 g/mol. The van der Waals surface area contributed by atoms with Crippen molar-refractivity contribution >= 4 is 32.6 Å². The van der Waals surface area contributed by atoms with E-state index in [0.717, 1.165) is 60.1 Å². The normalized spacial score (nSPS) is 19.4. The third-order valence-electron chi connectivity index (χ3n) is 5.02. The van der Waals surface area contributed by atoms with E-state index in [1.807, 2.05) is 23.1 Å². The molecule has 2 aliphatic heterocycles. The highest BCUT2D eigenvalue weighted by molar-refractivity contribution is 7.22. The van der Waals surface area contributed by atoms with Gasteiger partial charge >= 0.3 is 0 Å². The van der Waals surface area contributed by atoms with E-state index in [0.29, 0.717) is 19.1 Å². The summed E-state index contributed by atoms with van der Waals surface area (Å²) in [6.07, 6.45) is 1.80. The molecule has 1 aromatic carbocycles. The van der Waals surface area contributed by atoms with Gasteiger partial charge in [-0.2, -0.15) is 0 Å². The Labute approximate surface area is 151 Å². The second-order valence-electron chi connectivity index (χ2n) is 6.53. The molecule has 0 saturated carbocycles. The predicted octanol–water partition coefficient (Wildman–Crippen LogP) is 2.38. The summed E-state index contributed by atoms with van der Waals surface area (Å²) in [4.78, 5) is 21.7. The summed E-state index contributed by atoms with van der Waals surface area (Å²) >= 11 is 1.69. The molecule has 2 saturated heterocycles. The second-order valence-corrected chi connectivity index (χ2v) is 7.54. The number of benzene rings is 1. The molecule has 25 heavy (non-hydrogen) atoms. The zero-order valence-electron chi connectivity index (χ0n) is 14.4. The molecule has 0 aliphatic carbocycles. The Morgan fingerprint density at radius 1 is 1.24 bits per heavy atom. The molecule has 6 nitrogen and oxygen atoms in total. The lowest BCUT2D eigenvalue weighted by Gasteiger charge is -2.35. The quantitative estimate of drug-likeness (QED) is 0.840. The molecule has 2 aromatic rings. The van der Waals surface area contributed by atoms with Gasteiger partial charge in [-0.25, -0.2) is 4.98 Å². The SMILES string of the molecule is COc1ccc2nc(N3CCC(C(=O)N4CCOCC4)CC3)sc2c1. The molecule has 1 amide bonds. The lowest BCUT2D eigenvalue weighted by molar-refractivity contribution is -0.140. The van der Waals surface area contributed by atoms with Crippen LogP contribution in [0, 0.1) is 5.92 Å². The summed E-state index contributed by atoms with van der Waals surface area (Å²) in [5.74, 6) is 1.30. The van der Waals surface area contributed by atoms with Crippen molar-refractivity contribution in [2.24, 2.45) is 5.92 Å². The summed E-state index contributed by atoms with van der Waals surface area (Å²) in [5.41, 5.74) is 1.01. The summed E-state index contributed by atoms with van der Waals surface area (Å²) in [7, 11) is 1.68. The molecule has 2 fully saturated rings. The summed E-state index contributed by atoms with van der Waals surface area (Å²) in [5, 5.41) is 1.04. The Bertz CT molecular complexity index is 749. The van der Waals surface area contributed by atoms with Crippen LogP contribution in [-0.2, 0) is 9.53 Å². The van der Waals surface area contributed by atoms with E-state index < -0.39 is 0 Å². The molecule has 7 heteroatoms. The standard InChI is InChI=1S/C18H23N3O3S/c1-23-14-2-3-15-16(12-14)25-18(19-15)21-6-4-13(5-7-21)17(22)20-8-10-24-11-9-20/h2-3,12-13H,4-11H2,1H3. The molecule has 1 aromatic heterocycles. The van der Waals surface area contributed by atoms with Crippen molar-refractivity contribution in [3.8, 4) is 5.75 Å². The highest BCUT2D eigenvalue weighted by Crippen LogP contribution is 2.33. The second kappa shape index (κ2) is 7.17. The van der Waals surface area contributed by atoms with Crippen molar-refractivity contribution in [1.29, 1.82) is 0 Å². The van der Waals surface area contributed by atoms with Gasteiger partial charge in [-0.05, 0) is 31.0 Å². The molecular formula is C18H23N3O3S. The number of hydrogen-bond donors (Lipinski definition) is 0. The number of ether oxygens (including phenoxy) is 2. The minimum Gasteiger partial charge on any atom is -0.497 e. The number of anilines is 1. The zero-order chi connectivity index (χ0) is 17.2. The van der Waals surface area contributed by atoms with Crippen molar-refractivity contribution in [2.75, 3.05) is 51.4 Å². The van der Waals surface area contributed by atoms with Crippen molar-refractivity contribution in [1.82, 2.24) is 9.88 Å². The number of aromatic nitrogens is 1. The van der Waals surface area contributed by atoms with Gasteiger partial charge in [0.25, 0.3) is 0 Å². The average molecular weight is 361 g/mol. The molecule has 2 aliphatic rings. The van der Waals surface area contributed by atoms with Gasteiger partial charge in [-0.3, -0.25) is 4.79 Å². The third-order valence-corrected chi connectivity index (χ3v) is 6.10. The number of nitrogens with zero attached hydrogens (tertiary/aromatic N) is 3. The minimum atomic E-state index is 0.142. The van der Waals surface area contributed by atoms with Crippen molar-refractivity contribution in [3.05, 3.63) is 18.2 Å². The van der Waals surface area contributed by atoms with E-state index in [9.17, 15) is 4.79 Å². The molecule has 0 radical (unpaired) electrons. The van der Waals surface area contributed by atoms with Gasteiger partial charge in [0.05, 0.1) is 30.5 Å². The van der Waals surface area contributed by atoms with Gasteiger partial charge in [0.15, 0.2) is 5.13 Å². The molecule has 0 unspecified atom stereocenters. The van der Waals surface area contributed by atoms with E-state index in [4.69, 9.17) is 14.5 Å². The van der Waals surface area contributed by atoms with E-state index in [-0.39, 0.29) is 5.92 Å². The molecule has 0 spiro atoms. The maximum atomic E-state index is 12.6. The fraction of sp³-hybridized carbons (Fsp3) is 0.556. The molecular weight excluding hydrogens is 338 g/mol. The van der Waals surface area contributed by atoms with Gasteiger partial charge in [0, 0.05) is 32.1 Å². The Hall–Kier alpha value is -1.86. The highest BCUT2D eigenvalue weighted by atomic mass is 32.1. The van der Waals surface area contributed by atoms with Crippen LogP contribution in [0.25, 0.3) is 10.2 Å². The first-order valence-corrected chi connectivity index (χ1v) is 9.62. The number of carbonyl (C=O) groups is 1. The van der Waals surface area contributed by atoms with Crippen LogP contribution in [0.2, 0.25) is 0 Å². The van der Waals surface area contributed by atoms with Gasteiger partial charge in [-0.1, -0.05) is 11.3 Å². The Kier molecular flexibility index (Phi) is 4.76. The van der Waals surface area contributed by atoms with E-state index in [1.54, 1.807) is 18.4 Å². The number of fused-ring (bicyclic) bond motifs is 1. The van der Waals surface area contributed by atoms with Gasteiger partial charge < -0.3 is 19.3 Å². The van der Waals surface area contributed by atoms with Crippen LogP contribution in [-0.4, -0.2) is 62.3 Å². The van der Waals surface area contributed by atoms with Crippen molar-refractivity contribution < 1.29 is 14.3 Å². The first-order valence-electron chi connectivity index (χ1n) is 8.80. The lowest BCUT2D eigenvalue weighted by Crippen LogP contribution is -2.46. The molecule has 0 atom stereocenters. The Balaban J connectivity index is 1.40. The highest BCUT2D eigenvalue weighted by Gasteiger charge is 2.30. The first kappa shape index (κ1) is 16.6. The van der Waals surface area contributed by atoms with E-state index in [1.165, 1.54) is 0 Å².